The van der Waals surface area contributed by atoms with Crippen LogP contribution >= 0.6 is 0 Å². The van der Waals surface area contributed by atoms with Crippen LogP contribution in [0.1, 0.15) is 12.5 Å². The molecule has 134 valence electrons. The van der Waals surface area contributed by atoms with Gasteiger partial charge in [0.1, 0.15) is 5.82 Å². The van der Waals surface area contributed by atoms with Crippen LogP contribution in [0.4, 0.5) is 4.39 Å². The molecule has 2 rings (SSSR count). The average Bonchev–Trinajstić information content (AvgIpc) is 2.55. The lowest BCUT2D eigenvalue weighted by Crippen LogP contribution is -2.54. The number of halogens is 1. The third-order valence-electron chi connectivity index (χ3n) is 4.29. The first kappa shape index (κ1) is 18.8. The Morgan fingerprint density at radius 2 is 2.12 bits per heavy atom. The topological polar surface area (TPSA) is 44.8 Å². The van der Waals surface area contributed by atoms with Gasteiger partial charge in [0.25, 0.3) is 0 Å². The number of rotatable bonds is 7. The first-order valence-corrected chi connectivity index (χ1v) is 8.48. The first-order valence-electron chi connectivity index (χ1n) is 8.48. The summed E-state index contributed by atoms with van der Waals surface area (Å²) in [6.45, 7) is 5.55. The summed E-state index contributed by atoms with van der Waals surface area (Å²) in [6, 6.07) is 6.21. The lowest BCUT2D eigenvalue weighted by molar-refractivity contribution is -0.129. The lowest BCUT2D eigenvalue weighted by atomic mass is 10.1. The van der Waals surface area contributed by atoms with E-state index in [1.807, 2.05) is 21.0 Å². The zero-order chi connectivity index (χ0) is 17.5. The van der Waals surface area contributed by atoms with E-state index in [0.717, 1.165) is 25.2 Å². The molecule has 1 aromatic carbocycles. The van der Waals surface area contributed by atoms with Gasteiger partial charge in [-0.1, -0.05) is 12.1 Å². The molecule has 0 radical (unpaired) electrons. The number of nitrogens with zero attached hydrogens (tertiary/aromatic N) is 2. The maximum Gasteiger partial charge on any atom is 0.237 e. The number of likely N-dealkylation sites (N-methyl/N-ethyl adjacent to an activating group) is 1. The molecule has 0 spiro atoms. The summed E-state index contributed by atoms with van der Waals surface area (Å²) in [7, 11) is 4.04. The van der Waals surface area contributed by atoms with Crippen LogP contribution in [0.25, 0.3) is 0 Å². The minimum Gasteiger partial charge on any atom is -0.374 e. The van der Waals surface area contributed by atoms with Crippen LogP contribution in [0.5, 0.6) is 0 Å². The second-order valence-corrected chi connectivity index (χ2v) is 6.59. The Balaban J connectivity index is 1.75. The van der Waals surface area contributed by atoms with E-state index in [0.29, 0.717) is 19.6 Å². The van der Waals surface area contributed by atoms with Crippen LogP contribution in [0.2, 0.25) is 0 Å². The molecule has 1 N–H and O–H groups in total. The Morgan fingerprint density at radius 3 is 2.79 bits per heavy atom. The summed E-state index contributed by atoms with van der Waals surface area (Å²) in [5.41, 5.74) is 1.02. The number of morpholine rings is 1. The maximum atomic E-state index is 12.9. The highest BCUT2D eigenvalue weighted by molar-refractivity contribution is 5.81. The zero-order valence-electron chi connectivity index (χ0n) is 14.8. The van der Waals surface area contributed by atoms with Crippen LogP contribution < -0.4 is 5.32 Å². The smallest absolute Gasteiger partial charge is 0.237 e. The van der Waals surface area contributed by atoms with Crippen molar-refractivity contribution < 1.29 is 13.9 Å². The van der Waals surface area contributed by atoms with Crippen molar-refractivity contribution in [1.82, 2.24) is 15.1 Å². The van der Waals surface area contributed by atoms with Crippen LogP contribution in [0, 0.1) is 5.82 Å². The summed E-state index contributed by atoms with van der Waals surface area (Å²) in [6.07, 6.45) is 0.841. The van der Waals surface area contributed by atoms with E-state index in [1.54, 1.807) is 12.1 Å². The monoisotopic (exact) mass is 337 g/mol. The number of benzene rings is 1. The molecule has 24 heavy (non-hydrogen) atoms. The quantitative estimate of drug-likeness (QED) is 0.810. The molecule has 1 aromatic rings. The highest BCUT2D eigenvalue weighted by Gasteiger charge is 2.27. The fourth-order valence-corrected chi connectivity index (χ4v) is 2.91. The van der Waals surface area contributed by atoms with Crippen molar-refractivity contribution in [2.75, 3.05) is 46.9 Å². The number of hydrogen-bond acceptors (Lipinski definition) is 4. The molecule has 1 heterocycles. The lowest BCUT2D eigenvalue weighted by Gasteiger charge is -2.37. The van der Waals surface area contributed by atoms with Gasteiger partial charge in [0, 0.05) is 26.2 Å². The Kier molecular flexibility index (Phi) is 7.15. The number of carbonyl (C=O) groups excluding carboxylic acids is 1. The predicted octanol–water partition coefficient (Wildman–Crippen LogP) is 1.14. The summed E-state index contributed by atoms with van der Waals surface area (Å²) in [4.78, 5) is 16.6. The van der Waals surface area contributed by atoms with E-state index in [2.05, 4.69) is 15.1 Å². The number of ether oxygens (including phenoxy) is 1. The molecule has 0 unspecified atom stereocenters. The van der Waals surface area contributed by atoms with Crippen LogP contribution in [0.3, 0.4) is 0 Å². The first-order chi connectivity index (χ1) is 11.5. The molecular weight excluding hydrogens is 309 g/mol. The molecule has 0 bridgehead atoms. The number of carbonyl (C=O) groups is 1. The second-order valence-electron chi connectivity index (χ2n) is 6.59. The third-order valence-corrected chi connectivity index (χ3v) is 4.29. The van der Waals surface area contributed by atoms with Crippen molar-refractivity contribution in [3.05, 3.63) is 35.6 Å². The van der Waals surface area contributed by atoms with Crippen molar-refractivity contribution >= 4 is 5.91 Å². The second kappa shape index (κ2) is 9.11. The molecule has 0 aromatic heterocycles. The molecule has 0 saturated carbocycles. The number of hydrogen-bond donors (Lipinski definition) is 1. The van der Waals surface area contributed by atoms with E-state index in [9.17, 15) is 9.18 Å². The molecule has 1 aliphatic rings. The molecular formula is C18H28FN3O2. The van der Waals surface area contributed by atoms with E-state index in [4.69, 9.17) is 4.74 Å². The largest absolute Gasteiger partial charge is 0.374 e. The molecule has 2 atom stereocenters. The summed E-state index contributed by atoms with van der Waals surface area (Å²) >= 11 is 0. The van der Waals surface area contributed by atoms with Crippen molar-refractivity contribution in [3.8, 4) is 0 Å². The van der Waals surface area contributed by atoms with Crippen molar-refractivity contribution in [2.45, 2.75) is 25.5 Å². The van der Waals surface area contributed by atoms with Crippen LogP contribution in [0.15, 0.2) is 24.3 Å². The highest BCUT2D eigenvalue weighted by atomic mass is 19.1. The number of amides is 1. The van der Waals surface area contributed by atoms with E-state index >= 15 is 0 Å². The van der Waals surface area contributed by atoms with Gasteiger partial charge in [-0.05, 0) is 45.1 Å². The Morgan fingerprint density at radius 1 is 1.42 bits per heavy atom. The summed E-state index contributed by atoms with van der Waals surface area (Å²) in [5.74, 6) is -0.210. The van der Waals surface area contributed by atoms with Gasteiger partial charge in [-0.3, -0.25) is 9.69 Å². The van der Waals surface area contributed by atoms with Gasteiger partial charge < -0.3 is 15.0 Å². The SMILES string of the molecule is C[C@@H](C(=O)NCCc1ccc(F)cc1)N1CCO[C@@H](CN(C)C)C1. The van der Waals surface area contributed by atoms with E-state index in [1.165, 1.54) is 12.1 Å². The Labute approximate surface area is 143 Å². The zero-order valence-corrected chi connectivity index (χ0v) is 14.8. The average molecular weight is 337 g/mol. The van der Waals surface area contributed by atoms with Gasteiger partial charge in [-0.15, -0.1) is 0 Å². The normalized spacial score (nSPS) is 20.1. The van der Waals surface area contributed by atoms with Crippen molar-refractivity contribution in [2.24, 2.45) is 0 Å². The Hall–Kier alpha value is -1.50. The van der Waals surface area contributed by atoms with Gasteiger partial charge in [-0.25, -0.2) is 4.39 Å². The van der Waals surface area contributed by atoms with E-state index < -0.39 is 0 Å². The van der Waals surface area contributed by atoms with Crippen molar-refractivity contribution in [3.63, 3.8) is 0 Å². The van der Waals surface area contributed by atoms with Crippen LogP contribution in [-0.4, -0.2) is 74.7 Å². The molecule has 1 amide bonds. The molecule has 5 nitrogen and oxygen atoms in total. The van der Waals surface area contributed by atoms with Gasteiger partial charge in [0.15, 0.2) is 0 Å². The van der Waals surface area contributed by atoms with Crippen LogP contribution in [-0.2, 0) is 16.0 Å². The molecule has 0 aliphatic carbocycles. The third kappa shape index (κ3) is 5.85. The van der Waals surface area contributed by atoms with E-state index in [-0.39, 0.29) is 23.9 Å². The fourth-order valence-electron chi connectivity index (χ4n) is 2.91. The molecule has 1 fully saturated rings. The fraction of sp³-hybridized carbons (Fsp3) is 0.611. The van der Waals surface area contributed by atoms with Gasteiger partial charge in [-0.2, -0.15) is 0 Å². The highest BCUT2D eigenvalue weighted by Crippen LogP contribution is 2.10. The molecule has 1 saturated heterocycles. The van der Waals surface area contributed by atoms with Crippen molar-refractivity contribution in [1.29, 1.82) is 0 Å². The summed E-state index contributed by atoms with van der Waals surface area (Å²) < 4.78 is 18.6. The van der Waals surface area contributed by atoms with Gasteiger partial charge >= 0.3 is 0 Å². The van der Waals surface area contributed by atoms with Gasteiger partial charge in [0.05, 0.1) is 18.8 Å². The summed E-state index contributed by atoms with van der Waals surface area (Å²) in [5, 5.41) is 2.97. The van der Waals surface area contributed by atoms with Gasteiger partial charge in [0.2, 0.25) is 5.91 Å². The molecule has 6 heteroatoms. The number of nitrogens with one attached hydrogen (secondary N) is 1. The Bertz CT molecular complexity index is 522. The molecule has 1 aliphatic heterocycles. The standard InChI is InChI=1S/C18H28FN3O2/c1-14(22-10-11-24-17(13-22)12-21(2)3)18(23)20-9-8-15-4-6-16(19)7-5-15/h4-7,14,17H,8-13H2,1-3H3,(H,20,23)/t14-,17-/m0/s1. The minimum atomic E-state index is -0.240. The predicted molar refractivity (Wildman–Crippen MR) is 92.4 cm³/mol. The minimum absolute atomic E-state index is 0.0302. The maximum absolute atomic E-state index is 12.9.